The molecule has 0 heterocycles. The Bertz CT molecular complexity index is 129. The Morgan fingerprint density at radius 2 is 1.06 bits per heavy atom. The molecule has 1 unspecified atom stereocenters. The molecule has 0 rings (SSSR count). The average Bonchev–Trinajstić information content (AvgIpc) is 2.24. The fraction of sp³-hybridized carbons (Fsp3) is 1.00. The van der Waals surface area contributed by atoms with Crippen molar-refractivity contribution in [3.63, 3.8) is 0 Å². The maximum Gasteiger partial charge on any atom is -0.0150 e. The van der Waals surface area contributed by atoms with E-state index in [1.807, 2.05) is 0 Å². The third-order valence-electron chi connectivity index (χ3n) is 3.33. The van der Waals surface area contributed by atoms with Gasteiger partial charge in [0, 0.05) is 0 Å². The molecule has 0 N–H and O–H groups in total. The van der Waals surface area contributed by atoms with Crippen LogP contribution in [0.4, 0.5) is 0 Å². The summed E-state index contributed by atoms with van der Waals surface area (Å²) < 4.78 is 0. The number of halogens is 1. The predicted molar refractivity (Wildman–Crippen MR) is 91.0 cm³/mol. The molecule has 0 saturated carbocycles. The molecule has 100 valence electrons. The van der Waals surface area contributed by atoms with E-state index in [1.54, 1.807) is 0 Å². The molecule has 16 heavy (non-hydrogen) atoms. The monoisotopic (exact) mass is 358 g/mol. The molecule has 0 aromatic rings. The van der Waals surface area contributed by atoms with E-state index >= 15 is 0 Å². The molecule has 0 aliphatic heterocycles. The largest absolute Gasteiger partial charge is 0.131 e. The lowest BCUT2D eigenvalue weighted by Crippen LogP contribution is -2.20. The van der Waals surface area contributed by atoms with Crippen LogP contribution in [0.25, 0.3) is 0 Å². The van der Waals surface area contributed by atoms with Gasteiger partial charge in [0.2, 0.25) is 0 Å². The summed E-state index contributed by atoms with van der Waals surface area (Å²) in [7, 11) is 3.19. The molecule has 0 spiro atoms. The lowest BCUT2D eigenvalue weighted by Gasteiger charge is -2.29. The van der Waals surface area contributed by atoms with Gasteiger partial charge in [-0.1, -0.05) is 65.7 Å². The summed E-state index contributed by atoms with van der Waals surface area (Å²) in [6.07, 6.45) is 13.9. The van der Waals surface area contributed by atoms with E-state index in [2.05, 4.69) is 30.0 Å². The zero-order valence-electron chi connectivity index (χ0n) is 11.6. The third-order valence-corrected chi connectivity index (χ3v) is 4.20. The SMILES string of the molecule is CCCCCC(P)(CCCC)CCCC.I. The smallest absolute Gasteiger partial charge is 0.0150 e. The van der Waals surface area contributed by atoms with Gasteiger partial charge in [0.15, 0.2) is 0 Å². The Labute approximate surface area is 123 Å². The highest BCUT2D eigenvalue weighted by Crippen LogP contribution is 2.36. The Balaban J connectivity index is 0. The molecule has 0 saturated heterocycles. The summed E-state index contributed by atoms with van der Waals surface area (Å²) in [6, 6.07) is 0. The molecule has 0 aromatic carbocycles. The van der Waals surface area contributed by atoms with Crippen LogP contribution >= 0.6 is 33.2 Å². The molecule has 0 fully saturated rings. The quantitative estimate of drug-likeness (QED) is 0.249. The van der Waals surface area contributed by atoms with Crippen molar-refractivity contribution in [3.05, 3.63) is 0 Å². The predicted octanol–water partition coefficient (Wildman–Crippen LogP) is 6.18. The average molecular weight is 358 g/mol. The van der Waals surface area contributed by atoms with E-state index < -0.39 is 0 Å². The van der Waals surface area contributed by atoms with Crippen LogP contribution in [0, 0.1) is 0 Å². The Kier molecular flexibility index (Phi) is 15.4. The molecular formula is C14H32IP. The molecule has 2 heteroatoms. The number of unbranched alkanes of at least 4 members (excludes halogenated alkanes) is 4. The van der Waals surface area contributed by atoms with Gasteiger partial charge >= 0.3 is 0 Å². The van der Waals surface area contributed by atoms with Crippen molar-refractivity contribution in [1.82, 2.24) is 0 Å². The molecule has 1 atom stereocenters. The maximum atomic E-state index is 3.19. The summed E-state index contributed by atoms with van der Waals surface area (Å²) in [5.41, 5.74) is 0. The van der Waals surface area contributed by atoms with Gasteiger partial charge in [-0.25, -0.2) is 0 Å². The van der Waals surface area contributed by atoms with Gasteiger partial charge in [0.1, 0.15) is 0 Å². The Morgan fingerprint density at radius 1 is 0.688 bits per heavy atom. The first-order chi connectivity index (χ1) is 7.18. The molecule has 0 radical (unpaired) electrons. The minimum atomic E-state index is 0. The van der Waals surface area contributed by atoms with Crippen molar-refractivity contribution in [2.75, 3.05) is 0 Å². The van der Waals surface area contributed by atoms with Gasteiger partial charge in [-0.3, -0.25) is 0 Å². The minimum absolute atomic E-state index is 0. The van der Waals surface area contributed by atoms with E-state index in [0.717, 1.165) is 0 Å². The van der Waals surface area contributed by atoms with Gasteiger partial charge in [0.25, 0.3) is 0 Å². The van der Waals surface area contributed by atoms with E-state index in [4.69, 9.17) is 0 Å². The molecule has 0 aromatic heterocycles. The lowest BCUT2D eigenvalue weighted by molar-refractivity contribution is 0.420. The lowest BCUT2D eigenvalue weighted by atomic mass is 9.89. The van der Waals surface area contributed by atoms with Gasteiger partial charge in [-0.15, -0.1) is 33.2 Å². The summed E-state index contributed by atoms with van der Waals surface area (Å²) in [5.74, 6) is 0. The van der Waals surface area contributed by atoms with Gasteiger partial charge in [-0.2, -0.15) is 0 Å². The van der Waals surface area contributed by atoms with Gasteiger partial charge in [0.05, 0.1) is 0 Å². The standard InChI is InChI=1S/C14H31P.HI/c1-4-7-10-13-14(15,11-8-5-2)12-9-6-3;/h4-13,15H2,1-3H3;1H. The van der Waals surface area contributed by atoms with Crippen LogP contribution in [0.2, 0.25) is 0 Å². The first kappa shape index (κ1) is 19.5. The van der Waals surface area contributed by atoms with Crippen LogP contribution in [-0.4, -0.2) is 5.16 Å². The van der Waals surface area contributed by atoms with Crippen LogP contribution < -0.4 is 0 Å². The van der Waals surface area contributed by atoms with Crippen LogP contribution in [-0.2, 0) is 0 Å². The minimum Gasteiger partial charge on any atom is -0.131 e. The zero-order chi connectivity index (χ0) is 11.6. The number of hydrogen-bond donors (Lipinski definition) is 0. The second-order valence-corrected chi connectivity index (χ2v) is 6.25. The van der Waals surface area contributed by atoms with Crippen molar-refractivity contribution < 1.29 is 0 Å². The normalized spacial score (nSPS) is 11.2. The number of rotatable bonds is 10. The fourth-order valence-electron chi connectivity index (χ4n) is 2.16. The zero-order valence-corrected chi connectivity index (χ0v) is 15.0. The van der Waals surface area contributed by atoms with Crippen LogP contribution in [0.3, 0.4) is 0 Å². The van der Waals surface area contributed by atoms with Crippen molar-refractivity contribution in [3.8, 4) is 0 Å². The molecular weight excluding hydrogens is 326 g/mol. The van der Waals surface area contributed by atoms with E-state index in [-0.39, 0.29) is 24.0 Å². The van der Waals surface area contributed by atoms with Crippen molar-refractivity contribution in [2.24, 2.45) is 0 Å². The second kappa shape index (κ2) is 12.6. The highest BCUT2D eigenvalue weighted by Gasteiger charge is 2.22. The first-order valence-corrected chi connectivity index (χ1v) is 7.55. The Hall–Kier alpha value is 1.16. The van der Waals surface area contributed by atoms with Crippen molar-refractivity contribution in [1.29, 1.82) is 0 Å². The van der Waals surface area contributed by atoms with Crippen molar-refractivity contribution in [2.45, 2.75) is 90.1 Å². The topological polar surface area (TPSA) is 0 Å². The van der Waals surface area contributed by atoms with E-state index in [9.17, 15) is 0 Å². The molecule has 0 aliphatic rings. The molecule has 0 bridgehead atoms. The highest BCUT2D eigenvalue weighted by molar-refractivity contribution is 14.0. The summed E-state index contributed by atoms with van der Waals surface area (Å²) in [4.78, 5) is 0. The van der Waals surface area contributed by atoms with E-state index in [0.29, 0.717) is 5.16 Å². The molecule has 0 nitrogen and oxygen atoms in total. The van der Waals surface area contributed by atoms with Gasteiger partial charge in [-0.05, 0) is 24.4 Å². The van der Waals surface area contributed by atoms with Crippen LogP contribution in [0.1, 0.15) is 85.0 Å². The highest BCUT2D eigenvalue weighted by atomic mass is 127. The number of hydrogen-bond acceptors (Lipinski definition) is 0. The molecule has 0 aliphatic carbocycles. The van der Waals surface area contributed by atoms with Crippen molar-refractivity contribution >= 4 is 33.2 Å². The second-order valence-electron chi connectivity index (χ2n) is 5.03. The van der Waals surface area contributed by atoms with Gasteiger partial charge < -0.3 is 0 Å². The Morgan fingerprint density at radius 3 is 1.44 bits per heavy atom. The first-order valence-electron chi connectivity index (χ1n) is 6.97. The third kappa shape index (κ3) is 10.3. The fourth-order valence-corrected chi connectivity index (χ4v) is 2.77. The van der Waals surface area contributed by atoms with Crippen LogP contribution in [0.5, 0.6) is 0 Å². The summed E-state index contributed by atoms with van der Waals surface area (Å²) in [5, 5.41) is 0.571. The van der Waals surface area contributed by atoms with E-state index in [1.165, 1.54) is 64.2 Å². The summed E-state index contributed by atoms with van der Waals surface area (Å²) in [6.45, 7) is 6.90. The molecule has 0 amide bonds. The van der Waals surface area contributed by atoms with Crippen LogP contribution in [0.15, 0.2) is 0 Å². The maximum absolute atomic E-state index is 3.19. The summed E-state index contributed by atoms with van der Waals surface area (Å²) >= 11 is 0.